The maximum absolute atomic E-state index is 14.5. The Morgan fingerprint density at radius 3 is 0.693 bits per heavy atom. The second-order valence-electron chi connectivity index (χ2n) is 33.5. The Labute approximate surface area is 742 Å². The third-order valence-corrected chi connectivity index (χ3v) is 20.0. The molecular weight excluding hydrogens is 2010 g/mol. The van der Waals surface area contributed by atoms with E-state index in [9.17, 15) is 57.5 Å². The maximum atomic E-state index is 14.5. The monoisotopic (exact) mass is 2140 g/mol. The van der Waals surface area contributed by atoms with Crippen molar-refractivity contribution in [2.75, 3.05) is 178 Å². The Morgan fingerprint density at radius 1 is 0.263 bits per heavy atom. The molecule has 114 heavy (non-hydrogen) atoms. The highest BCUT2D eigenvalue weighted by molar-refractivity contribution is 9.11. The summed E-state index contributed by atoms with van der Waals surface area (Å²) in [7, 11) is 0. The van der Waals surface area contributed by atoms with Crippen molar-refractivity contribution in [3.05, 3.63) is 12.7 Å². The maximum Gasteiger partial charge on any atom is 0.246 e. The second kappa shape index (κ2) is 51.1. The average Bonchev–Trinajstić information content (AvgIpc) is 0.833. The molecule has 39 heteroatoms. The molecule has 0 bridgehead atoms. The molecule has 11 N–H and O–H groups in total. The fraction of sp³-hybridized carbons (Fsp3) is 0.813. The van der Waals surface area contributed by atoms with Crippen LogP contribution in [0, 0.1) is 27.1 Å². The van der Waals surface area contributed by atoms with Crippen molar-refractivity contribution in [2.24, 2.45) is 27.1 Å². The zero-order chi connectivity index (χ0) is 88.1. The Balaban J connectivity index is 8.22. The normalized spacial score (nSPS) is 13.5. The molecule has 1 atom stereocenters. The van der Waals surface area contributed by atoms with Gasteiger partial charge in [0.25, 0.3) is 0 Å². The minimum Gasteiger partial charge on any atom is -0.378 e. The molecule has 0 aromatic rings. The number of ether oxygens (including phenoxy) is 8. The third-order valence-electron chi connectivity index (χ3n) is 17.0. The molecule has 0 aliphatic carbocycles. The molecule has 0 saturated heterocycles. The zero-order valence-electron chi connectivity index (χ0n) is 70.0. The van der Waals surface area contributed by atoms with Gasteiger partial charge in [0.15, 0.2) is 0 Å². The lowest BCUT2D eigenvalue weighted by molar-refractivity contribution is -0.132. The highest BCUT2D eigenvalue weighted by atomic mass is 79.9. The largest absolute Gasteiger partial charge is 0.378 e. The van der Waals surface area contributed by atoms with Crippen LogP contribution in [-0.2, 0) is 95.4 Å². The van der Waals surface area contributed by atoms with Gasteiger partial charge in [-0.1, -0.05) is 154 Å². The average molecular weight is 2140 g/mol. The SMILES string of the molecule is C=CCOCCOCCOCCOCCOCC(CNC(=O)COCC(CCC(=O)C(C)(C)Br)(CNC(=O)C(C)(C)C)CNC(=O)C(C)(C)Br)(CNC(=O)COCC(CNC(=O)C(C)(C)Br)(CNC(=O)C(C)(C)Br)CNC(=O)C(C)(C)Br)CNC(=O)COCC(CNC(=O)C(C)(C)Br)(CNC(=O)C(C)(C)Br)CNC(=O)C(C)(C)Br. The number of halogens is 8. The first-order chi connectivity index (χ1) is 52.0. The van der Waals surface area contributed by atoms with Crippen LogP contribution in [0.1, 0.15) is 144 Å². The molecule has 0 aromatic heterocycles. The van der Waals surface area contributed by atoms with Crippen LogP contribution in [0.25, 0.3) is 0 Å². The summed E-state index contributed by atoms with van der Waals surface area (Å²) in [5.74, 6) is -5.75. The standard InChI is InChI=1S/C75H129Br8N11O20/c1-21-24-107-25-26-108-27-28-109-29-30-110-31-32-111-48-73(38-84-52(96)33-112-47-72(23-22-51(95)64(5,6)76,36-87-55(99)63(2,3)4)37-88-56(100)65(7,8)77,39-85-53(97)34-113-49-74(41-89-57(101)66(9,10)78,42-90-58(102)67(11,12)79)43-91-59(103)68(13,14)80)40-86-54(98)35-114-50-75(44-92-60(104)69(15,16)81,45-93-61(105)70(17,18)82)46-94-62(106)71(19,20)83/h21H,1,22-50H2,2-20H3,(H,84,96)(H,85,97)(H,86,98)(H,87,99)(H,88,100)(H,89,101)(H,90,102)(H,91,103)(H,92,104)(H,93,105)(H,94,106). The van der Waals surface area contributed by atoms with Crippen LogP contribution >= 0.6 is 127 Å². The summed E-state index contributed by atoms with van der Waals surface area (Å²) in [5.41, 5.74) is -6.18. The smallest absolute Gasteiger partial charge is 0.246 e. The van der Waals surface area contributed by atoms with E-state index in [1.54, 1.807) is 138 Å². The highest BCUT2D eigenvalue weighted by Crippen LogP contribution is 2.31. The summed E-state index contributed by atoms with van der Waals surface area (Å²) in [5, 5.41) is 31.8. The number of carbonyl (C=O) groups is 12. The highest BCUT2D eigenvalue weighted by Gasteiger charge is 2.43. The minimum absolute atomic E-state index is 0.0223. The number of carbonyl (C=O) groups excluding carboxylic acids is 12. The van der Waals surface area contributed by atoms with Crippen molar-refractivity contribution < 1.29 is 95.4 Å². The van der Waals surface area contributed by atoms with Gasteiger partial charge < -0.3 is 96.4 Å². The minimum atomic E-state index is -1.51. The fourth-order valence-electron chi connectivity index (χ4n) is 9.31. The van der Waals surface area contributed by atoms with E-state index in [4.69, 9.17) is 37.9 Å². The van der Waals surface area contributed by atoms with Crippen LogP contribution in [0.3, 0.4) is 0 Å². The van der Waals surface area contributed by atoms with Gasteiger partial charge in [-0.15, -0.1) is 6.58 Å². The van der Waals surface area contributed by atoms with E-state index in [2.05, 4.69) is 193 Å². The van der Waals surface area contributed by atoms with Crippen molar-refractivity contribution in [3.8, 4) is 0 Å². The molecular formula is C75H129Br8N11O20. The van der Waals surface area contributed by atoms with Crippen molar-refractivity contribution in [1.82, 2.24) is 58.5 Å². The van der Waals surface area contributed by atoms with Gasteiger partial charge in [0.05, 0.1) is 120 Å². The number of ketones is 1. The van der Waals surface area contributed by atoms with Crippen molar-refractivity contribution in [3.63, 3.8) is 0 Å². The molecule has 0 radical (unpaired) electrons. The van der Waals surface area contributed by atoms with Crippen molar-refractivity contribution in [1.29, 1.82) is 0 Å². The fourth-order valence-corrected chi connectivity index (χ4v) is 10.5. The molecule has 0 aromatic carbocycles. The van der Waals surface area contributed by atoms with Crippen LogP contribution in [-0.4, -0.2) is 283 Å². The van der Waals surface area contributed by atoms with Gasteiger partial charge >= 0.3 is 0 Å². The lowest BCUT2D eigenvalue weighted by Gasteiger charge is -2.37. The molecule has 31 nitrogen and oxygen atoms in total. The Kier molecular flexibility index (Phi) is 49.8. The van der Waals surface area contributed by atoms with Crippen LogP contribution in [0.15, 0.2) is 12.7 Å². The predicted molar refractivity (Wildman–Crippen MR) is 467 cm³/mol. The Morgan fingerprint density at radius 2 is 0.465 bits per heavy atom. The van der Waals surface area contributed by atoms with E-state index < -0.39 is 141 Å². The summed E-state index contributed by atoms with van der Waals surface area (Å²) < 4.78 is 39.0. The lowest BCUT2D eigenvalue weighted by Crippen LogP contribution is -2.58. The Hall–Kier alpha value is -2.90. The summed E-state index contributed by atoms with van der Waals surface area (Å²) in [4.78, 5) is 165. The van der Waals surface area contributed by atoms with Crippen molar-refractivity contribution in [2.45, 2.75) is 179 Å². The van der Waals surface area contributed by atoms with Gasteiger partial charge in [-0.25, -0.2) is 0 Å². The first-order valence-electron chi connectivity index (χ1n) is 37.4. The number of hydrogen-bond donors (Lipinski definition) is 11. The van der Waals surface area contributed by atoms with Crippen LogP contribution in [0.5, 0.6) is 0 Å². The number of rotatable bonds is 61. The molecule has 1 unspecified atom stereocenters. The van der Waals surface area contributed by atoms with Gasteiger partial charge in [-0.3, -0.25) is 57.5 Å². The molecule has 0 aliphatic heterocycles. The molecule has 11 amide bonds. The lowest BCUT2D eigenvalue weighted by atomic mass is 9.81. The molecule has 0 rings (SSSR count). The van der Waals surface area contributed by atoms with Crippen LogP contribution in [0.4, 0.5) is 0 Å². The molecule has 0 aliphatic rings. The van der Waals surface area contributed by atoms with E-state index in [-0.39, 0.29) is 156 Å². The number of alkyl halides is 8. The topological polar surface area (TPSA) is 411 Å². The number of amides is 11. The summed E-state index contributed by atoms with van der Waals surface area (Å²) in [6.07, 6.45) is 1.69. The van der Waals surface area contributed by atoms with Gasteiger partial charge in [-0.2, -0.15) is 0 Å². The summed E-state index contributed by atoms with van der Waals surface area (Å²) in [6.45, 7) is 31.5. The van der Waals surface area contributed by atoms with Crippen LogP contribution in [0.2, 0.25) is 0 Å². The quantitative estimate of drug-likeness (QED) is 0.0180. The van der Waals surface area contributed by atoms with Gasteiger partial charge in [0, 0.05) is 105 Å². The summed E-state index contributed by atoms with van der Waals surface area (Å²) >= 11 is 27.2. The molecule has 660 valence electrons. The van der Waals surface area contributed by atoms with E-state index in [0.29, 0.717) is 26.4 Å². The third kappa shape index (κ3) is 48.5. The zero-order valence-corrected chi connectivity index (χ0v) is 82.7. The number of nitrogens with one attached hydrogen (secondary N) is 11. The first kappa shape index (κ1) is 111. The van der Waals surface area contributed by atoms with Gasteiger partial charge in [0.1, 0.15) is 25.6 Å². The summed E-state index contributed by atoms with van der Waals surface area (Å²) in [6, 6.07) is 0. The molecule has 0 heterocycles. The van der Waals surface area contributed by atoms with E-state index in [0.717, 1.165) is 0 Å². The number of hydrogen-bond acceptors (Lipinski definition) is 20. The van der Waals surface area contributed by atoms with Crippen LogP contribution < -0.4 is 58.5 Å². The van der Waals surface area contributed by atoms with E-state index in [1.165, 1.54) is 0 Å². The molecule has 0 saturated carbocycles. The Bertz CT molecular complexity index is 2590. The second-order valence-corrected chi connectivity index (χ2v) is 49.3. The molecule has 0 fully saturated rings. The molecule has 0 spiro atoms. The van der Waals surface area contributed by atoms with Gasteiger partial charge in [-0.05, 0) is 117 Å². The predicted octanol–water partition coefficient (Wildman–Crippen LogP) is 6.31. The number of Topliss-reactive ketones (excluding diaryl/α,β-unsaturated/α-hetero) is 1. The van der Waals surface area contributed by atoms with Gasteiger partial charge in [0.2, 0.25) is 65.0 Å². The van der Waals surface area contributed by atoms with Crippen molar-refractivity contribution >= 4 is 198 Å². The first-order valence-corrected chi connectivity index (χ1v) is 43.7. The van der Waals surface area contributed by atoms with E-state index in [1.807, 2.05) is 0 Å². The van der Waals surface area contributed by atoms with E-state index >= 15 is 0 Å².